The molecule has 0 saturated heterocycles. The minimum Gasteiger partial charge on any atom is -0.245 e. The number of aliphatic imine (C=N–C) groups is 1. The van der Waals surface area contributed by atoms with Crippen LogP contribution in [-0.4, -0.2) is 11.2 Å². The molecular formula is C4H3NS. The first-order chi connectivity index (χ1) is 2.89. The van der Waals surface area contributed by atoms with Gasteiger partial charge in [-0.3, -0.25) is 0 Å². The molecule has 1 heterocycles. The van der Waals surface area contributed by atoms with Crippen molar-refractivity contribution in [1.29, 1.82) is 0 Å². The van der Waals surface area contributed by atoms with Gasteiger partial charge in [0.1, 0.15) is 4.99 Å². The molecule has 0 fully saturated rings. The number of hydrogen-bond acceptors (Lipinski definition) is 1. The van der Waals surface area contributed by atoms with Gasteiger partial charge in [0.05, 0.1) is 0 Å². The predicted octanol–water partition coefficient (Wildman–Crippen LogP) is 0.954. The van der Waals surface area contributed by atoms with E-state index in [9.17, 15) is 0 Å². The van der Waals surface area contributed by atoms with E-state index >= 15 is 0 Å². The fraction of sp³-hybridized carbons (Fsp3) is 0. The Morgan fingerprint density at radius 3 is 2.67 bits per heavy atom. The smallest absolute Gasteiger partial charge is 0.126 e. The van der Waals surface area contributed by atoms with E-state index in [-0.39, 0.29) is 0 Å². The SMILES string of the molecule is S=C1C=CC=N1. The molecule has 6 heavy (non-hydrogen) atoms. The molecule has 0 radical (unpaired) electrons. The molecule has 1 nitrogen and oxygen atoms in total. The van der Waals surface area contributed by atoms with Crippen molar-refractivity contribution in [1.82, 2.24) is 0 Å². The molecule has 0 N–H and O–H groups in total. The van der Waals surface area contributed by atoms with Gasteiger partial charge in [-0.1, -0.05) is 12.2 Å². The van der Waals surface area contributed by atoms with Gasteiger partial charge in [-0.05, 0) is 12.2 Å². The Kier molecular flexibility index (Phi) is 0.801. The highest BCUT2D eigenvalue weighted by atomic mass is 32.1. The topological polar surface area (TPSA) is 12.4 Å². The van der Waals surface area contributed by atoms with Crippen LogP contribution in [0, 0.1) is 0 Å². The van der Waals surface area contributed by atoms with Crippen LogP contribution in [0.4, 0.5) is 0 Å². The minimum absolute atomic E-state index is 0.676. The van der Waals surface area contributed by atoms with Crippen LogP contribution in [0.5, 0.6) is 0 Å². The fourth-order valence-corrected chi connectivity index (χ4v) is 0.424. The van der Waals surface area contributed by atoms with Gasteiger partial charge in [0, 0.05) is 6.21 Å². The number of hydrogen-bond donors (Lipinski definition) is 0. The summed E-state index contributed by atoms with van der Waals surface area (Å²) in [6.07, 6.45) is 5.29. The van der Waals surface area contributed by atoms with Crippen molar-refractivity contribution < 1.29 is 0 Å². The number of nitrogens with zero attached hydrogens (tertiary/aromatic N) is 1. The average Bonchev–Trinajstić information content (AvgIpc) is 1.86. The van der Waals surface area contributed by atoms with E-state index in [1.54, 1.807) is 12.3 Å². The van der Waals surface area contributed by atoms with Crippen molar-refractivity contribution >= 4 is 23.4 Å². The molecule has 1 aliphatic rings. The lowest BCUT2D eigenvalue weighted by molar-refractivity contribution is 1.86. The van der Waals surface area contributed by atoms with Crippen LogP contribution in [0.1, 0.15) is 0 Å². The Hall–Kier alpha value is -0.500. The number of allylic oxidation sites excluding steroid dienone is 1. The van der Waals surface area contributed by atoms with Gasteiger partial charge in [-0.2, -0.15) is 0 Å². The first-order valence-electron chi connectivity index (χ1n) is 1.64. The van der Waals surface area contributed by atoms with Gasteiger partial charge in [-0.25, -0.2) is 4.99 Å². The quantitative estimate of drug-likeness (QED) is 0.410. The molecule has 0 bridgehead atoms. The van der Waals surface area contributed by atoms with Gasteiger partial charge < -0.3 is 0 Å². The lowest BCUT2D eigenvalue weighted by atomic mass is 10.6. The van der Waals surface area contributed by atoms with Crippen molar-refractivity contribution in [2.24, 2.45) is 4.99 Å². The summed E-state index contributed by atoms with van der Waals surface area (Å²) in [4.78, 5) is 4.41. The van der Waals surface area contributed by atoms with Crippen LogP contribution < -0.4 is 0 Å². The van der Waals surface area contributed by atoms with Gasteiger partial charge in [0.2, 0.25) is 0 Å². The number of rotatable bonds is 0. The molecule has 0 unspecified atom stereocenters. The maximum Gasteiger partial charge on any atom is 0.126 e. The van der Waals surface area contributed by atoms with Crippen molar-refractivity contribution in [3.05, 3.63) is 12.2 Å². The molecule has 0 spiro atoms. The maximum atomic E-state index is 4.63. The van der Waals surface area contributed by atoms with Crippen LogP contribution in [0.15, 0.2) is 17.1 Å². The summed E-state index contributed by atoms with van der Waals surface area (Å²) < 4.78 is 0. The van der Waals surface area contributed by atoms with E-state index in [0.29, 0.717) is 4.99 Å². The summed E-state index contributed by atoms with van der Waals surface area (Å²) in [5, 5.41) is 0. The highest BCUT2D eigenvalue weighted by Crippen LogP contribution is 1.87. The molecule has 2 heteroatoms. The Balaban J connectivity index is 2.86. The Morgan fingerprint density at radius 1 is 1.67 bits per heavy atom. The first kappa shape index (κ1) is 3.68. The zero-order valence-corrected chi connectivity index (χ0v) is 3.90. The van der Waals surface area contributed by atoms with E-state index in [2.05, 4.69) is 17.2 Å². The standard InChI is InChI=1S/C4H3NS/c6-4-2-1-3-5-4/h1-3H. The third-order valence-corrected chi connectivity index (χ3v) is 0.768. The highest BCUT2D eigenvalue weighted by molar-refractivity contribution is 7.80. The summed E-state index contributed by atoms with van der Waals surface area (Å²) in [5.74, 6) is 0. The van der Waals surface area contributed by atoms with Gasteiger partial charge >= 0.3 is 0 Å². The van der Waals surface area contributed by atoms with Gasteiger partial charge in [0.25, 0.3) is 0 Å². The summed E-state index contributed by atoms with van der Waals surface area (Å²) in [6.45, 7) is 0. The summed E-state index contributed by atoms with van der Waals surface area (Å²) in [6, 6.07) is 0. The number of thiocarbonyl (C=S) groups is 1. The van der Waals surface area contributed by atoms with Crippen molar-refractivity contribution in [2.45, 2.75) is 0 Å². The monoisotopic (exact) mass is 97.0 g/mol. The molecule has 1 aliphatic heterocycles. The van der Waals surface area contributed by atoms with Crippen LogP contribution in [0.25, 0.3) is 0 Å². The second kappa shape index (κ2) is 1.30. The lowest BCUT2D eigenvalue weighted by Crippen LogP contribution is -1.69. The van der Waals surface area contributed by atoms with E-state index in [0.717, 1.165) is 0 Å². The average molecular weight is 97.1 g/mol. The van der Waals surface area contributed by atoms with Crippen molar-refractivity contribution in [2.75, 3.05) is 0 Å². The summed E-state index contributed by atoms with van der Waals surface area (Å²) in [5.41, 5.74) is 0. The molecular weight excluding hydrogens is 94.1 g/mol. The van der Waals surface area contributed by atoms with Crippen molar-refractivity contribution in [3.63, 3.8) is 0 Å². The Morgan fingerprint density at radius 2 is 2.50 bits per heavy atom. The Bertz CT molecular complexity index is 110. The molecule has 30 valence electrons. The molecule has 0 amide bonds. The Labute approximate surface area is 41.4 Å². The molecule has 0 atom stereocenters. The molecule has 1 rings (SSSR count). The molecule has 0 aromatic carbocycles. The van der Waals surface area contributed by atoms with E-state index in [1.165, 1.54) is 0 Å². The summed E-state index contributed by atoms with van der Waals surface area (Å²) >= 11 is 4.63. The van der Waals surface area contributed by atoms with E-state index in [4.69, 9.17) is 0 Å². The third kappa shape index (κ3) is 0.518. The van der Waals surface area contributed by atoms with Crippen LogP contribution in [-0.2, 0) is 0 Å². The second-order valence-electron chi connectivity index (χ2n) is 0.976. The van der Waals surface area contributed by atoms with Crippen LogP contribution in [0.2, 0.25) is 0 Å². The normalized spacial score (nSPS) is 17.0. The molecule has 0 aromatic rings. The first-order valence-corrected chi connectivity index (χ1v) is 2.05. The van der Waals surface area contributed by atoms with Crippen LogP contribution in [0.3, 0.4) is 0 Å². The van der Waals surface area contributed by atoms with Gasteiger partial charge in [-0.15, -0.1) is 0 Å². The predicted molar refractivity (Wildman–Crippen MR) is 30.2 cm³/mol. The molecule has 0 aliphatic carbocycles. The van der Waals surface area contributed by atoms with E-state index in [1.807, 2.05) is 6.08 Å². The van der Waals surface area contributed by atoms with Crippen LogP contribution >= 0.6 is 12.2 Å². The molecule has 0 saturated carbocycles. The highest BCUT2D eigenvalue weighted by Gasteiger charge is 1.84. The fourth-order valence-electron chi connectivity index (χ4n) is 0.285. The largest absolute Gasteiger partial charge is 0.245 e. The minimum atomic E-state index is 0.676. The van der Waals surface area contributed by atoms with Gasteiger partial charge in [0.15, 0.2) is 0 Å². The second-order valence-corrected chi connectivity index (χ2v) is 1.39. The third-order valence-electron chi connectivity index (χ3n) is 0.527. The molecule has 0 aromatic heterocycles. The lowest BCUT2D eigenvalue weighted by Gasteiger charge is -1.67. The van der Waals surface area contributed by atoms with E-state index < -0.39 is 0 Å². The maximum absolute atomic E-state index is 4.63. The van der Waals surface area contributed by atoms with Crippen molar-refractivity contribution in [3.8, 4) is 0 Å². The zero-order chi connectivity index (χ0) is 4.41. The summed E-state index contributed by atoms with van der Waals surface area (Å²) in [7, 11) is 0. The zero-order valence-electron chi connectivity index (χ0n) is 3.09.